The molecule has 0 fully saturated rings. The Morgan fingerprint density at radius 2 is 1.97 bits per heavy atom. The van der Waals surface area contributed by atoms with Crippen molar-refractivity contribution in [3.63, 3.8) is 0 Å². The van der Waals surface area contributed by atoms with Gasteiger partial charge in [-0.05, 0) is 24.3 Å². The highest BCUT2D eigenvalue weighted by molar-refractivity contribution is 7.99. The maximum absolute atomic E-state index is 5.81. The molecule has 0 radical (unpaired) electrons. The van der Waals surface area contributed by atoms with Gasteiger partial charge in [0.1, 0.15) is 0 Å². The van der Waals surface area contributed by atoms with Gasteiger partial charge in [-0.2, -0.15) is 5.10 Å². The van der Waals surface area contributed by atoms with E-state index in [4.69, 9.17) is 14.5 Å². The average Bonchev–Trinajstić information content (AvgIpc) is 3.07. The Kier molecular flexibility index (Phi) is 7.33. The molecule has 8 heteroatoms. The third kappa shape index (κ3) is 6.42. The van der Waals surface area contributed by atoms with Gasteiger partial charge in [-0.3, -0.25) is 4.68 Å². The Morgan fingerprint density at radius 1 is 1.13 bits per heavy atom. The second kappa shape index (κ2) is 10.8. The van der Waals surface area contributed by atoms with Crippen molar-refractivity contribution in [2.45, 2.75) is 17.9 Å². The molecule has 1 aliphatic rings. The number of nitrogens with one attached hydrogen (secondary N) is 2. The van der Waals surface area contributed by atoms with Gasteiger partial charge in [0.05, 0.1) is 26.0 Å². The van der Waals surface area contributed by atoms with Crippen LogP contribution in [0.25, 0.3) is 0 Å². The fourth-order valence-electron chi connectivity index (χ4n) is 3.10. The Bertz CT molecular complexity index is 1010. The first-order valence-electron chi connectivity index (χ1n) is 10.4. The van der Waals surface area contributed by atoms with Crippen LogP contribution in [-0.2, 0) is 13.6 Å². The van der Waals surface area contributed by atoms with Gasteiger partial charge in [-0.25, -0.2) is 4.99 Å². The van der Waals surface area contributed by atoms with Crippen molar-refractivity contribution in [2.75, 3.05) is 30.8 Å². The molecule has 0 saturated heterocycles. The summed E-state index contributed by atoms with van der Waals surface area (Å²) in [7, 11) is 1.91. The largest absolute Gasteiger partial charge is 0.490 e. The number of fused-ring (bicyclic) bond motifs is 1. The molecule has 7 nitrogen and oxygen atoms in total. The minimum atomic E-state index is 0.541. The molecule has 0 bridgehead atoms. The molecule has 0 saturated carbocycles. The van der Waals surface area contributed by atoms with E-state index in [9.17, 15) is 0 Å². The lowest BCUT2D eigenvalue weighted by atomic mass is 10.2. The number of ether oxygens (including phenoxy) is 2. The molecule has 31 heavy (non-hydrogen) atoms. The van der Waals surface area contributed by atoms with Gasteiger partial charge in [-0.15, -0.1) is 11.8 Å². The molecule has 0 spiro atoms. The SMILES string of the molecule is Cn1cc(CN=C(NCCSc2ccccc2)Nc2ccc3c(c2)OCCCO3)cn1. The van der Waals surface area contributed by atoms with Crippen molar-refractivity contribution >= 4 is 23.4 Å². The van der Waals surface area contributed by atoms with Gasteiger partial charge in [-0.1, -0.05) is 18.2 Å². The summed E-state index contributed by atoms with van der Waals surface area (Å²) in [4.78, 5) is 6.00. The second-order valence-electron chi connectivity index (χ2n) is 7.11. The number of hydrogen-bond donors (Lipinski definition) is 2. The van der Waals surface area contributed by atoms with Crippen LogP contribution in [0.5, 0.6) is 11.5 Å². The summed E-state index contributed by atoms with van der Waals surface area (Å²) in [6.45, 7) is 2.66. The van der Waals surface area contributed by atoms with Crippen LogP contribution < -0.4 is 20.1 Å². The maximum atomic E-state index is 5.81. The van der Waals surface area contributed by atoms with Crippen molar-refractivity contribution < 1.29 is 9.47 Å². The number of rotatable bonds is 7. The van der Waals surface area contributed by atoms with E-state index in [1.54, 1.807) is 4.68 Å². The number of aliphatic imine (C=N–C) groups is 1. The maximum Gasteiger partial charge on any atom is 0.196 e. The third-order valence-electron chi connectivity index (χ3n) is 4.59. The monoisotopic (exact) mass is 437 g/mol. The molecule has 2 aromatic carbocycles. The summed E-state index contributed by atoms with van der Waals surface area (Å²) in [5.74, 6) is 3.18. The van der Waals surface area contributed by atoms with Gasteiger partial charge in [0.15, 0.2) is 17.5 Å². The molecule has 2 N–H and O–H groups in total. The standard InChI is InChI=1S/C23H27N5O2S/c1-28-17-18(16-26-28)15-25-23(24-10-13-31-20-6-3-2-4-7-20)27-19-8-9-21-22(14-19)30-12-5-11-29-21/h2-4,6-9,14,16-17H,5,10-13,15H2,1H3,(H2,24,25,27). The highest BCUT2D eigenvalue weighted by atomic mass is 32.2. The molecule has 1 aromatic heterocycles. The molecule has 0 atom stereocenters. The van der Waals surface area contributed by atoms with Crippen molar-refractivity contribution in [3.05, 3.63) is 66.5 Å². The van der Waals surface area contributed by atoms with Gasteiger partial charge in [0.25, 0.3) is 0 Å². The van der Waals surface area contributed by atoms with Gasteiger partial charge in [0, 0.05) is 54.2 Å². The lowest BCUT2D eigenvalue weighted by molar-refractivity contribution is 0.297. The summed E-state index contributed by atoms with van der Waals surface area (Å²) >= 11 is 1.81. The first kappa shape index (κ1) is 21.1. The van der Waals surface area contributed by atoms with E-state index in [0.717, 1.165) is 41.5 Å². The molecule has 0 amide bonds. The van der Waals surface area contributed by atoms with Crippen LogP contribution in [0.2, 0.25) is 0 Å². The average molecular weight is 438 g/mol. The van der Waals surface area contributed by atoms with Crippen LogP contribution in [0, 0.1) is 0 Å². The Labute approximate surface area is 186 Å². The molecule has 3 aromatic rings. The third-order valence-corrected chi connectivity index (χ3v) is 5.61. The smallest absolute Gasteiger partial charge is 0.196 e. The van der Waals surface area contributed by atoms with Crippen LogP contribution in [0.15, 0.2) is 70.8 Å². The predicted molar refractivity (Wildman–Crippen MR) is 125 cm³/mol. The van der Waals surface area contributed by atoms with Gasteiger partial charge in [0.2, 0.25) is 0 Å². The quantitative estimate of drug-likeness (QED) is 0.253. The number of anilines is 1. The molecular weight excluding hydrogens is 410 g/mol. The Balaban J connectivity index is 1.40. The van der Waals surface area contributed by atoms with E-state index in [0.29, 0.717) is 25.7 Å². The highest BCUT2D eigenvalue weighted by Gasteiger charge is 2.11. The molecule has 2 heterocycles. The number of aromatic nitrogens is 2. The molecule has 0 unspecified atom stereocenters. The summed E-state index contributed by atoms with van der Waals surface area (Å²) < 4.78 is 13.3. The van der Waals surface area contributed by atoms with Crippen molar-refractivity contribution in [1.29, 1.82) is 0 Å². The van der Waals surface area contributed by atoms with Crippen LogP contribution in [0.1, 0.15) is 12.0 Å². The van der Waals surface area contributed by atoms with Crippen molar-refractivity contribution in [1.82, 2.24) is 15.1 Å². The van der Waals surface area contributed by atoms with Crippen LogP contribution >= 0.6 is 11.8 Å². The van der Waals surface area contributed by atoms with Crippen LogP contribution in [0.4, 0.5) is 5.69 Å². The van der Waals surface area contributed by atoms with E-state index < -0.39 is 0 Å². The first-order chi connectivity index (χ1) is 15.3. The van der Waals surface area contributed by atoms with E-state index >= 15 is 0 Å². The summed E-state index contributed by atoms with van der Waals surface area (Å²) in [6, 6.07) is 16.3. The van der Waals surface area contributed by atoms with E-state index in [2.05, 4.69) is 40.0 Å². The normalized spacial score (nSPS) is 13.5. The molecule has 0 aliphatic carbocycles. The van der Waals surface area contributed by atoms with E-state index in [1.165, 1.54) is 4.90 Å². The molecule has 162 valence electrons. The number of aryl methyl sites for hydroxylation is 1. The zero-order chi connectivity index (χ0) is 21.3. The Morgan fingerprint density at radius 3 is 2.77 bits per heavy atom. The molecular formula is C23H27N5O2S. The lowest BCUT2D eigenvalue weighted by Crippen LogP contribution is -2.32. The van der Waals surface area contributed by atoms with Gasteiger partial charge >= 0.3 is 0 Å². The Hall–Kier alpha value is -3.13. The molecule has 1 aliphatic heterocycles. The number of benzene rings is 2. The van der Waals surface area contributed by atoms with Crippen molar-refractivity contribution in [3.8, 4) is 11.5 Å². The number of hydrogen-bond acceptors (Lipinski definition) is 5. The fourth-order valence-corrected chi connectivity index (χ4v) is 3.89. The summed E-state index contributed by atoms with van der Waals surface area (Å²) in [5.41, 5.74) is 1.96. The zero-order valence-electron chi connectivity index (χ0n) is 17.6. The number of guanidine groups is 1. The first-order valence-corrected chi connectivity index (χ1v) is 11.4. The lowest BCUT2D eigenvalue weighted by Gasteiger charge is -2.14. The number of thioether (sulfide) groups is 1. The van der Waals surface area contributed by atoms with Crippen LogP contribution in [0.3, 0.4) is 0 Å². The minimum absolute atomic E-state index is 0.541. The summed E-state index contributed by atoms with van der Waals surface area (Å²) in [5, 5.41) is 11.0. The second-order valence-corrected chi connectivity index (χ2v) is 8.28. The van der Waals surface area contributed by atoms with Crippen molar-refractivity contribution in [2.24, 2.45) is 12.0 Å². The highest BCUT2D eigenvalue weighted by Crippen LogP contribution is 2.32. The predicted octanol–water partition coefficient (Wildman–Crippen LogP) is 3.93. The van der Waals surface area contributed by atoms with E-state index in [-0.39, 0.29) is 0 Å². The topological polar surface area (TPSA) is 72.7 Å². The fraction of sp³-hybridized carbons (Fsp3) is 0.304. The minimum Gasteiger partial charge on any atom is -0.490 e. The zero-order valence-corrected chi connectivity index (χ0v) is 18.4. The van der Waals surface area contributed by atoms with Crippen LogP contribution in [-0.4, -0.2) is 41.3 Å². The molecule has 4 rings (SSSR count). The van der Waals surface area contributed by atoms with E-state index in [1.807, 2.05) is 55.5 Å². The summed E-state index contributed by atoms with van der Waals surface area (Å²) in [6.07, 6.45) is 4.69. The number of nitrogens with zero attached hydrogens (tertiary/aromatic N) is 3. The van der Waals surface area contributed by atoms with Gasteiger partial charge < -0.3 is 20.1 Å².